The summed E-state index contributed by atoms with van der Waals surface area (Å²) in [5, 5.41) is 4.76. The molecular weight excluding hydrogens is 622 g/mol. The summed E-state index contributed by atoms with van der Waals surface area (Å²) in [5.74, 6) is -0.506. The highest BCUT2D eigenvalue weighted by Gasteiger charge is 2.37. The van der Waals surface area contributed by atoms with Crippen molar-refractivity contribution >= 4 is 49.8 Å². The van der Waals surface area contributed by atoms with Gasteiger partial charge in [0.15, 0.2) is 9.84 Å². The second kappa shape index (κ2) is 12.4. The van der Waals surface area contributed by atoms with E-state index >= 15 is 0 Å². The molecule has 228 valence electrons. The Morgan fingerprint density at radius 2 is 1.88 bits per heavy atom. The number of halogens is 5. The smallest absolute Gasteiger partial charge is 0.351 e. The van der Waals surface area contributed by atoms with Gasteiger partial charge in [-0.1, -0.05) is 30.1 Å². The van der Waals surface area contributed by atoms with E-state index in [-0.39, 0.29) is 63.9 Å². The molecule has 1 amide bonds. The highest BCUT2D eigenvalue weighted by molar-refractivity contribution is 7.91. The van der Waals surface area contributed by atoms with Crippen LogP contribution in [0.2, 0.25) is 10.0 Å². The number of hydrogen-bond acceptors (Lipinski definition) is 7. The van der Waals surface area contributed by atoms with Crippen molar-refractivity contribution in [1.82, 2.24) is 25.1 Å². The zero-order valence-electron chi connectivity index (χ0n) is 22.6. The van der Waals surface area contributed by atoms with E-state index in [2.05, 4.69) is 15.6 Å². The molecule has 0 spiro atoms. The van der Waals surface area contributed by atoms with E-state index in [9.17, 15) is 36.0 Å². The minimum atomic E-state index is -4.89. The summed E-state index contributed by atoms with van der Waals surface area (Å²) in [4.78, 5) is 42.3. The third-order valence-corrected chi connectivity index (χ3v) is 9.53. The maximum atomic E-state index is 14.3. The molecule has 2 aromatic carbocycles. The van der Waals surface area contributed by atoms with Gasteiger partial charge in [0.2, 0.25) is 5.91 Å². The SMILES string of the molecule is CCS(=O)(=O)c1ccc(Cl)cc1Cn1c(=O)[nH]c2c(Cl)c(CN3CCC(NC(=O)CNC)C3)c(C(F)(F)F)cc2c1=O. The fraction of sp³-hybridized carbons (Fsp3) is 0.423. The number of rotatable bonds is 9. The van der Waals surface area contributed by atoms with Crippen LogP contribution >= 0.6 is 23.2 Å². The monoisotopic (exact) mass is 649 g/mol. The largest absolute Gasteiger partial charge is 0.416 e. The van der Waals surface area contributed by atoms with E-state index in [0.717, 1.165) is 0 Å². The fourth-order valence-electron chi connectivity index (χ4n) is 5.00. The van der Waals surface area contributed by atoms with E-state index < -0.39 is 49.8 Å². The summed E-state index contributed by atoms with van der Waals surface area (Å²) in [7, 11) is -2.17. The first-order valence-corrected chi connectivity index (χ1v) is 15.3. The Kier molecular flexibility index (Phi) is 9.43. The molecule has 2 heterocycles. The van der Waals surface area contributed by atoms with Crippen LogP contribution in [0.4, 0.5) is 13.2 Å². The molecule has 10 nitrogen and oxygen atoms in total. The lowest BCUT2D eigenvalue weighted by molar-refractivity contribution is -0.138. The number of carbonyl (C=O) groups excluding carboxylic acids is 1. The molecule has 1 aliphatic rings. The van der Waals surface area contributed by atoms with Crippen LogP contribution < -0.4 is 21.9 Å². The van der Waals surface area contributed by atoms with Crippen molar-refractivity contribution in [2.75, 3.05) is 32.4 Å². The fourth-order valence-corrected chi connectivity index (χ4v) is 6.62. The third kappa shape index (κ3) is 6.67. The van der Waals surface area contributed by atoms with Crippen molar-refractivity contribution in [1.29, 1.82) is 0 Å². The maximum absolute atomic E-state index is 14.3. The molecular formula is C26H28Cl2F3N5O5S. The number of benzene rings is 2. The number of nitrogens with one attached hydrogen (secondary N) is 3. The highest BCUT2D eigenvalue weighted by atomic mass is 35.5. The first-order valence-electron chi connectivity index (χ1n) is 12.9. The van der Waals surface area contributed by atoms with E-state index in [1.54, 1.807) is 11.9 Å². The lowest BCUT2D eigenvalue weighted by Crippen LogP contribution is -2.41. The third-order valence-electron chi connectivity index (χ3n) is 7.05. The quantitative estimate of drug-likeness (QED) is 0.325. The average Bonchev–Trinajstić information content (AvgIpc) is 3.34. The Hall–Kier alpha value is -2.91. The van der Waals surface area contributed by atoms with Gasteiger partial charge in [0.1, 0.15) is 0 Å². The lowest BCUT2D eigenvalue weighted by Gasteiger charge is -2.22. The van der Waals surface area contributed by atoms with Gasteiger partial charge in [-0.25, -0.2) is 13.2 Å². The minimum absolute atomic E-state index is 0.0282. The van der Waals surface area contributed by atoms with E-state index in [0.29, 0.717) is 23.6 Å². The number of H-pyrrole nitrogens is 1. The number of hydrogen-bond donors (Lipinski definition) is 3. The number of sulfone groups is 1. The molecule has 3 N–H and O–H groups in total. The van der Waals surface area contributed by atoms with Crippen molar-refractivity contribution < 1.29 is 26.4 Å². The topological polar surface area (TPSA) is 133 Å². The first kappa shape index (κ1) is 32.0. The predicted octanol–water partition coefficient (Wildman–Crippen LogP) is 2.77. The molecule has 3 aromatic rings. The van der Waals surface area contributed by atoms with E-state index in [4.69, 9.17) is 23.2 Å². The minimum Gasteiger partial charge on any atom is -0.351 e. The van der Waals surface area contributed by atoms with Gasteiger partial charge in [0.25, 0.3) is 5.56 Å². The molecule has 1 saturated heterocycles. The number of nitrogens with zero attached hydrogens (tertiary/aromatic N) is 2. The van der Waals surface area contributed by atoms with Crippen LogP contribution in [0.1, 0.15) is 30.0 Å². The van der Waals surface area contributed by atoms with Crippen LogP contribution in [-0.2, 0) is 33.9 Å². The molecule has 1 aliphatic heterocycles. The molecule has 1 unspecified atom stereocenters. The van der Waals surface area contributed by atoms with Crippen LogP contribution in [0.5, 0.6) is 0 Å². The van der Waals surface area contributed by atoms with Crippen molar-refractivity contribution in [2.24, 2.45) is 0 Å². The predicted molar refractivity (Wildman–Crippen MR) is 153 cm³/mol. The number of carbonyl (C=O) groups is 1. The summed E-state index contributed by atoms with van der Waals surface area (Å²) < 4.78 is 68.7. The summed E-state index contributed by atoms with van der Waals surface area (Å²) in [6, 6.07) is 4.25. The number of alkyl halides is 3. The lowest BCUT2D eigenvalue weighted by atomic mass is 10.0. The van der Waals surface area contributed by atoms with Gasteiger partial charge in [-0.2, -0.15) is 13.2 Å². The molecule has 16 heteroatoms. The Morgan fingerprint density at radius 3 is 2.52 bits per heavy atom. The Balaban J connectivity index is 1.78. The summed E-state index contributed by atoms with van der Waals surface area (Å²) in [6.07, 6.45) is -4.38. The van der Waals surface area contributed by atoms with Gasteiger partial charge in [-0.3, -0.25) is 19.1 Å². The number of amides is 1. The van der Waals surface area contributed by atoms with E-state index in [1.807, 2.05) is 0 Å². The highest BCUT2D eigenvalue weighted by Crippen LogP contribution is 2.39. The van der Waals surface area contributed by atoms with Gasteiger partial charge >= 0.3 is 11.9 Å². The Labute approximate surface area is 248 Å². The zero-order chi connectivity index (χ0) is 31.0. The van der Waals surface area contributed by atoms with Crippen LogP contribution in [0.15, 0.2) is 38.8 Å². The average molecular weight is 651 g/mol. The summed E-state index contributed by atoms with van der Waals surface area (Å²) in [5.41, 5.74) is -3.78. The molecule has 1 atom stereocenters. The molecule has 4 rings (SSSR count). The van der Waals surface area contributed by atoms with Crippen molar-refractivity contribution in [3.05, 3.63) is 71.8 Å². The van der Waals surface area contributed by atoms with Crippen molar-refractivity contribution in [2.45, 2.75) is 43.5 Å². The van der Waals surface area contributed by atoms with E-state index in [1.165, 1.54) is 25.1 Å². The van der Waals surface area contributed by atoms with Crippen LogP contribution in [-0.4, -0.2) is 67.3 Å². The Morgan fingerprint density at radius 1 is 1.17 bits per heavy atom. The van der Waals surface area contributed by atoms with Gasteiger partial charge in [0, 0.05) is 30.7 Å². The normalized spacial score (nSPS) is 16.3. The molecule has 0 radical (unpaired) electrons. The van der Waals surface area contributed by atoms with Gasteiger partial charge in [-0.15, -0.1) is 0 Å². The number of likely N-dealkylation sites (N-methyl/N-ethyl adjacent to an activating group) is 1. The molecule has 1 aromatic heterocycles. The molecule has 0 saturated carbocycles. The number of aromatic amines is 1. The summed E-state index contributed by atoms with van der Waals surface area (Å²) in [6.45, 7) is 1.38. The molecule has 42 heavy (non-hydrogen) atoms. The number of likely N-dealkylation sites (tertiary alicyclic amines) is 1. The Bertz CT molecular complexity index is 1760. The van der Waals surface area contributed by atoms with Crippen LogP contribution in [0.3, 0.4) is 0 Å². The van der Waals surface area contributed by atoms with Gasteiger partial charge in [-0.05, 0) is 48.9 Å². The molecule has 1 fully saturated rings. The second-order valence-corrected chi connectivity index (χ2v) is 13.0. The van der Waals surface area contributed by atoms with Crippen molar-refractivity contribution in [3.63, 3.8) is 0 Å². The summed E-state index contributed by atoms with van der Waals surface area (Å²) >= 11 is 12.5. The van der Waals surface area contributed by atoms with Crippen LogP contribution in [0.25, 0.3) is 10.9 Å². The molecule has 0 aliphatic carbocycles. The second-order valence-electron chi connectivity index (χ2n) is 9.93. The van der Waals surface area contributed by atoms with Gasteiger partial charge in [0.05, 0.1) is 45.2 Å². The van der Waals surface area contributed by atoms with Crippen molar-refractivity contribution in [3.8, 4) is 0 Å². The molecule has 0 bridgehead atoms. The number of aromatic nitrogens is 2. The van der Waals surface area contributed by atoms with Gasteiger partial charge < -0.3 is 15.6 Å². The zero-order valence-corrected chi connectivity index (χ0v) is 24.9. The number of fused-ring (bicyclic) bond motifs is 1. The van der Waals surface area contributed by atoms with Crippen LogP contribution in [0, 0.1) is 0 Å². The standard InChI is InChI=1S/C26H28Cl2F3N5O5S/c1-3-42(40,41)20-5-4-15(27)8-14(20)11-36-24(38)17-9-19(26(29,30)31)18(22(28)23(17)34-25(36)39)13-35-7-6-16(12-35)33-21(37)10-32-2/h4-5,8-9,16,32H,3,6-7,10-13H2,1-2H3,(H,33,37)(H,34,39). The maximum Gasteiger partial charge on any atom is 0.416 e. The first-order chi connectivity index (χ1) is 19.7.